The van der Waals surface area contributed by atoms with Crippen LogP contribution < -0.4 is 5.32 Å². The number of carbonyl (C=O) groups excluding carboxylic acids is 1. The molecule has 0 radical (unpaired) electrons. The SMILES string of the molecule is Cc1ccc(C)c(S(=O)(=O)N2CCN(C(=O)CCC3CCNCC3)CC2)c1. The van der Waals surface area contributed by atoms with Crippen LogP contribution in [0.1, 0.15) is 36.8 Å². The van der Waals surface area contributed by atoms with Crippen LogP contribution in [0.3, 0.4) is 0 Å². The maximum atomic E-state index is 13.0. The highest BCUT2D eigenvalue weighted by Crippen LogP contribution is 2.23. The van der Waals surface area contributed by atoms with Crippen LogP contribution in [0.4, 0.5) is 0 Å². The fraction of sp³-hybridized carbons (Fsp3) is 0.650. The summed E-state index contributed by atoms with van der Waals surface area (Å²) in [6.07, 6.45) is 3.82. The number of rotatable bonds is 5. The van der Waals surface area contributed by atoms with E-state index in [1.807, 2.05) is 30.9 Å². The molecular formula is C20H31N3O3S. The number of piperidine rings is 1. The van der Waals surface area contributed by atoms with Crippen LogP contribution in [0, 0.1) is 19.8 Å². The monoisotopic (exact) mass is 393 g/mol. The van der Waals surface area contributed by atoms with E-state index in [0.717, 1.165) is 43.5 Å². The first-order valence-electron chi connectivity index (χ1n) is 9.94. The molecule has 27 heavy (non-hydrogen) atoms. The van der Waals surface area contributed by atoms with Gasteiger partial charge in [-0.25, -0.2) is 8.42 Å². The van der Waals surface area contributed by atoms with Gasteiger partial charge in [-0.1, -0.05) is 12.1 Å². The van der Waals surface area contributed by atoms with Gasteiger partial charge in [0, 0.05) is 32.6 Å². The molecule has 7 heteroatoms. The maximum absolute atomic E-state index is 13.0. The second kappa shape index (κ2) is 8.71. The molecule has 2 aliphatic rings. The standard InChI is InChI=1S/C20H31N3O3S/c1-16-3-4-17(2)19(15-16)27(25,26)23-13-11-22(12-14-23)20(24)6-5-18-7-9-21-10-8-18/h3-4,15,18,21H,5-14H2,1-2H3. The summed E-state index contributed by atoms with van der Waals surface area (Å²) in [5.74, 6) is 0.804. The number of nitrogens with one attached hydrogen (secondary N) is 1. The highest BCUT2D eigenvalue weighted by Gasteiger charge is 2.31. The largest absolute Gasteiger partial charge is 0.340 e. The number of nitrogens with zero attached hydrogens (tertiary/aromatic N) is 2. The number of amides is 1. The van der Waals surface area contributed by atoms with E-state index in [-0.39, 0.29) is 5.91 Å². The van der Waals surface area contributed by atoms with Crippen molar-refractivity contribution in [3.8, 4) is 0 Å². The minimum atomic E-state index is -3.51. The predicted molar refractivity (Wildman–Crippen MR) is 106 cm³/mol. The lowest BCUT2D eigenvalue weighted by molar-refractivity contribution is -0.132. The summed E-state index contributed by atoms with van der Waals surface area (Å²) in [5.41, 5.74) is 1.70. The van der Waals surface area contributed by atoms with Gasteiger partial charge in [0.05, 0.1) is 4.90 Å². The van der Waals surface area contributed by atoms with E-state index < -0.39 is 10.0 Å². The molecule has 2 fully saturated rings. The minimum Gasteiger partial charge on any atom is -0.340 e. The average Bonchev–Trinajstić information content (AvgIpc) is 2.68. The summed E-state index contributed by atoms with van der Waals surface area (Å²) in [7, 11) is -3.51. The van der Waals surface area contributed by atoms with Gasteiger partial charge in [0.25, 0.3) is 0 Å². The summed E-state index contributed by atoms with van der Waals surface area (Å²) in [6, 6.07) is 5.51. The average molecular weight is 394 g/mol. The normalized spacial score (nSPS) is 20.0. The smallest absolute Gasteiger partial charge is 0.243 e. The van der Waals surface area contributed by atoms with Gasteiger partial charge in [-0.2, -0.15) is 4.31 Å². The molecule has 0 unspecified atom stereocenters. The van der Waals surface area contributed by atoms with Gasteiger partial charge in [0.2, 0.25) is 15.9 Å². The van der Waals surface area contributed by atoms with Crippen molar-refractivity contribution in [2.75, 3.05) is 39.3 Å². The quantitative estimate of drug-likeness (QED) is 0.830. The third-order valence-electron chi connectivity index (χ3n) is 5.78. The Balaban J connectivity index is 1.54. The van der Waals surface area contributed by atoms with E-state index in [2.05, 4.69) is 5.32 Å². The van der Waals surface area contributed by atoms with Crippen molar-refractivity contribution in [1.29, 1.82) is 0 Å². The van der Waals surface area contributed by atoms with Gasteiger partial charge in [-0.15, -0.1) is 0 Å². The fourth-order valence-corrected chi connectivity index (χ4v) is 5.69. The number of hydrogen-bond donors (Lipinski definition) is 1. The van der Waals surface area contributed by atoms with E-state index in [9.17, 15) is 13.2 Å². The zero-order valence-electron chi connectivity index (χ0n) is 16.4. The van der Waals surface area contributed by atoms with Crippen LogP contribution in [-0.2, 0) is 14.8 Å². The van der Waals surface area contributed by atoms with Gasteiger partial charge in [0.1, 0.15) is 0 Å². The Hall–Kier alpha value is -1.44. The first-order valence-corrected chi connectivity index (χ1v) is 11.4. The Kier molecular flexibility index (Phi) is 6.55. The Bertz CT molecular complexity index is 765. The molecule has 0 aromatic heterocycles. The van der Waals surface area contributed by atoms with Crippen LogP contribution in [0.25, 0.3) is 0 Å². The number of piperazine rings is 1. The summed E-state index contributed by atoms with van der Waals surface area (Å²) < 4.78 is 27.5. The zero-order valence-corrected chi connectivity index (χ0v) is 17.2. The van der Waals surface area contributed by atoms with Crippen LogP contribution >= 0.6 is 0 Å². The van der Waals surface area contributed by atoms with Crippen molar-refractivity contribution in [3.05, 3.63) is 29.3 Å². The first kappa shape index (κ1) is 20.3. The predicted octanol–water partition coefficient (Wildman–Crippen LogP) is 1.92. The molecule has 1 N–H and O–H groups in total. The zero-order chi connectivity index (χ0) is 19.4. The van der Waals surface area contributed by atoms with E-state index in [4.69, 9.17) is 0 Å². The Morgan fingerprint density at radius 1 is 1.11 bits per heavy atom. The fourth-order valence-electron chi connectivity index (χ4n) is 3.96. The number of hydrogen-bond acceptors (Lipinski definition) is 4. The van der Waals surface area contributed by atoms with Crippen molar-refractivity contribution in [3.63, 3.8) is 0 Å². The summed E-state index contributed by atoms with van der Waals surface area (Å²) >= 11 is 0. The van der Waals surface area contributed by atoms with Crippen LogP contribution in [0.15, 0.2) is 23.1 Å². The Labute approximate surface area is 163 Å². The van der Waals surface area contributed by atoms with Crippen LogP contribution in [-0.4, -0.2) is 62.8 Å². The first-order chi connectivity index (χ1) is 12.9. The van der Waals surface area contributed by atoms with Crippen molar-refractivity contribution in [2.24, 2.45) is 5.92 Å². The lowest BCUT2D eigenvalue weighted by Gasteiger charge is -2.34. The van der Waals surface area contributed by atoms with Gasteiger partial charge in [-0.3, -0.25) is 4.79 Å². The number of benzene rings is 1. The van der Waals surface area contributed by atoms with Gasteiger partial charge < -0.3 is 10.2 Å². The number of sulfonamides is 1. The Morgan fingerprint density at radius 3 is 2.44 bits per heavy atom. The number of aryl methyl sites for hydroxylation is 2. The van der Waals surface area contributed by atoms with Crippen molar-refractivity contribution in [2.45, 2.75) is 44.4 Å². The molecule has 3 rings (SSSR count). The molecular weight excluding hydrogens is 362 g/mol. The maximum Gasteiger partial charge on any atom is 0.243 e. The summed E-state index contributed by atoms with van der Waals surface area (Å²) in [4.78, 5) is 14.7. The van der Waals surface area contributed by atoms with Crippen molar-refractivity contribution < 1.29 is 13.2 Å². The molecule has 6 nitrogen and oxygen atoms in total. The molecule has 150 valence electrons. The van der Waals surface area contributed by atoms with Crippen LogP contribution in [0.5, 0.6) is 0 Å². The molecule has 0 saturated carbocycles. The van der Waals surface area contributed by atoms with E-state index in [0.29, 0.717) is 43.4 Å². The molecule has 0 aliphatic carbocycles. The molecule has 1 amide bonds. The molecule has 0 atom stereocenters. The Morgan fingerprint density at radius 2 is 1.78 bits per heavy atom. The van der Waals surface area contributed by atoms with E-state index >= 15 is 0 Å². The van der Waals surface area contributed by atoms with Crippen molar-refractivity contribution >= 4 is 15.9 Å². The molecule has 1 aromatic carbocycles. The third kappa shape index (κ3) is 4.89. The van der Waals surface area contributed by atoms with Crippen molar-refractivity contribution in [1.82, 2.24) is 14.5 Å². The van der Waals surface area contributed by atoms with E-state index in [1.54, 1.807) is 6.07 Å². The third-order valence-corrected chi connectivity index (χ3v) is 7.82. The van der Waals surface area contributed by atoms with Gasteiger partial charge in [0.15, 0.2) is 0 Å². The molecule has 1 aromatic rings. The molecule has 0 spiro atoms. The second-order valence-electron chi connectivity index (χ2n) is 7.79. The molecule has 2 heterocycles. The molecule has 2 saturated heterocycles. The highest BCUT2D eigenvalue weighted by atomic mass is 32.2. The lowest BCUT2D eigenvalue weighted by atomic mass is 9.93. The van der Waals surface area contributed by atoms with Crippen LogP contribution in [0.2, 0.25) is 0 Å². The van der Waals surface area contributed by atoms with Gasteiger partial charge in [-0.05, 0) is 69.3 Å². The lowest BCUT2D eigenvalue weighted by Crippen LogP contribution is -2.50. The minimum absolute atomic E-state index is 0.164. The van der Waals surface area contributed by atoms with Gasteiger partial charge >= 0.3 is 0 Å². The second-order valence-corrected chi connectivity index (χ2v) is 9.69. The summed E-state index contributed by atoms with van der Waals surface area (Å²) in [6.45, 7) is 7.53. The highest BCUT2D eigenvalue weighted by molar-refractivity contribution is 7.89. The topological polar surface area (TPSA) is 69.7 Å². The number of carbonyl (C=O) groups is 1. The van der Waals surface area contributed by atoms with E-state index in [1.165, 1.54) is 4.31 Å². The molecule has 0 bridgehead atoms. The summed E-state index contributed by atoms with van der Waals surface area (Å²) in [5, 5.41) is 3.35. The molecule has 2 aliphatic heterocycles.